The molecule has 0 saturated carbocycles. The molecule has 1 amide bonds. The van der Waals surface area contributed by atoms with Crippen molar-refractivity contribution in [3.8, 4) is 11.5 Å². The number of thiazole rings is 1. The maximum absolute atomic E-state index is 12.8. The first kappa shape index (κ1) is 23.9. The Bertz CT molecular complexity index is 1130. The topological polar surface area (TPSA) is 111 Å². The Morgan fingerprint density at radius 1 is 1.21 bits per heavy atom. The molecule has 1 aromatic heterocycles. The van der Waals surface area contributed by atoms with Gasteiger partial charge in [0.15, 0.2) is 18.1 Å². The Morgan fingerprint density at radius 2 is 2.03 bits per heavy atom. The van der Waals surface area contributed by atoms with Crippen LogP contribution in [0, 0.1) is 0 Å². The fourth-order valence-corrected chi connectivity index (χ4v) is 3.15. The van der Waals surface area contributed by atoms with Crippen molar-refractivity contribution >= 4 is 40.1 Å². The van der Waals surface area contributed by atoms with E-state index in [1.807, 2.05) is 0 Å². The van der Waals surface area contributed by atoms with Gasteiger partial charge in [-0.25, -0.2) is 4.98 Å². The minimum atomic E-state index is -4.50. The monoisotopic (exact) mass is 479 g/mol. The summed E-state index contributed by atoms with van der Waals surface area (Å²) in [5.41, 5.74) is 8.16. The summed E-state index contributed by atoms with van der Waals surface area (Å²) in [6.45, 7) is 1.72. The van der Waals surface area contributed by atoms with Crippen LogP contribution in [0.2, 0.25) is 0 Å². The van der Waals surface area contributed by atoms with Crippen LogP contribution in [-0.4, -0.2) is 30.3 Å². The lowest BCUT2D eigenvalue weighted by molar-refractivity contribution is -0.137. The number of hydrogen-bond donors (Lipinski definition) is 3. The molecule has 8 nitrogen and oxygen atoms in total. The van der Waals surface area contributed by atoms with E-state index in [4.69, 9.17) is 15.2 Å². The van der Waals surface area contributed by atoms with Gasteiger partial charge in [-0.2, -0.15) is 18.3 Å². The molecule has 0 radical (unpaired) electrons. The summed E-state index contributed by atoms with van der Waals surface area (Å²) in [6.07, 6.45) is -2.96. The van der Waals surface area contributed by atoms with Gasteiger partial charge in [-0.1, -0.05) is 6.07 Å². The maximum atomic E-state index is 12.8. The molecule has 0 aliphatic carbocycles. The van der Waals surface area contributed by atoms with Crippen LogP contribution in [0.25, 0.3) is 0 Å². The van der Waals surface area contributed by atoms with Crippen LogP contribution < -0.4 is 25.9 Å². The van der Waals surface area contributed by atoms with Gasteiger partial charge >= 0.3 is 6.18 Å². The zero-order chi connectivity index (χ0) is 23.8. The van der Waals surface area contributed by atoms with Gasteiger partial charge in [0, 0.05) is 11.1 Å². The minimum Gasteiger partial charge on any atom is -0.490 e. The summed E-state index contributed by atoms with van der Waals surface area (Å²) < 4.78 is 49.5. The number of amides is 1. The Morgan fingerprint density at radius 3 is 2.73 bits per heavy atom. The number of nitrogens with one attached hydrogen (secondary N) is 2. The number of benzene rings is 2. The van der Waals surface area contributed by atoms with Gasteiger partial charge in [-0.05, 0) is 48.9 Å². The quantitative estimate of drug-likeness (QED) is 0.305. The average Bonchev–Trinajstić information content (AvgIpc) is 3.18. The predicted octanol–water partition coefficient (Wildman–Crippen LogP) is 4.61. The number of hydrogen-bond acceptors (Lipinski definition) is 8. The van der Waals surface area contributed by atoms with Crippen molar-refractivity contribution in [2.75, 3.05) is 29.7 Å². The highest BCUT2D eigenvalue weighted by Crippen LogP contribution is 2.31. The maximum Gasteiger partial charge on any atom is 0.416 e. The fourth-order valence-electron chi connectivity index (χ4n) is 2.61. The zero-order valence-electron chi connectivity index (χ0n) is 17.3. The van der Waals surface area contributed by atoms with Gasteiger partial charge in [0.25, 0.3) is 5.91 Å². The van der Waals surface area contributed by atoms with E-state index in [-0.39, 0.29) is 5.69 Å². The van der Waals surface area contributed by atoms with Crippen molar-refractivity contribution in [2.45, 2.75) is 13.1 Å². The summed E-state index contributed by atoms with van der Waals surface area (Å²) in [7, 11) is 0. The van der Waals surface area contributed by atoms with Crippen LogP contribution in [0.15, 0.2) is 52.9 Å². The van der Waals surface area contributed by atoms with Crippen molar-refractivity contribution in [1.29, 1.82) is 0 Å². The number of alkyl halides is 3. The molecule has 2 aromatic carbocycles. The summed E-state index contributed by atoms with van der Waals surface area (Å²) in [5.74, 6) is 0.463. The van der Waals surface area contributed by atoms with E-state index in [9.17, 15) is 18.0 Å². The number of nitrogen functional groups attached to an aromatic ring is 1. The van der Waals surface area contributed by atoms with Crippen LogP contribution in [0.5, 0.6) is 11.5 Å². The number of nitrogens with zero attached hydrogens (tertiary/aromatic N) is 2. The van der Waals surface area contributed by atoms with Crippen molar-refractivity contribution in [3.05, 3.63) is 59.0 Å². The molecule has 3 aromatic rings. The van der Waals surface area contributed by atoms with Gasteiger partial charge in [-0.3, -0.25) is 10.2 Å². The Labute approximate surface area is 191 Å². The zero-order valence-corrected chi connectivity index (χ0v) is 18.2. The largest absolute Gasteiger partial charge is 0.490 e. The number of rotatable bonds is 9. The summed E-state index contributed by atoms with van der Waals surface area (Å²) in [6, 6.07) is 9.32. The number of halogens is 3. The number of ether oxygens (including phenoxy) is 2. The number of carbonyl (C=O) groups is 1. The molecule has 0 aliphatic rings. The molecule has 33 heavy (non-hydrogen) atoms. The number of nitrogens with two attached hydrogens (primary N) is 1. The van der Waals surface area contributed by atoms with Crippen LogP contribution >= 0.6 is 11.3 Å². The smallest absolute Gasteiger partial charge is 0.416 e. The number of hydrazone groups is 1. The van der Waals surface area contributed by atoms with E-state index in [0.29, 0.717) is 34.6 Å². The summed E-state index contributed by atoms with van der Waals surface area (Å²) >= 11 is 1.31. The third-order valence-corrected chi connectivity index (χ3v) is 4.76. The summed E-state index contributed by atoms with van der Waals surface area (Å²) in [5, 5.41) is 8.69. The molecule has 174 valence electrons. The molecular formula is C21H20F3N5O3S. The van der Waals surface area contributed by atoms with Gasteiger partial charge < -0.3 is 20.5 Å². The van der Waals surface area contributed by atoms with Gasteiger partial charge in [0.2, 0.25) is 5.13 Å². The fraction of sp³-hybridized carbons (Fsp3) is 0.190. The molecule has 12 heteroatoms. The molecule has 0 saturated heterocycles. The first-order valence-electron chi connectivity index (χ1n) is 9.61. The predicted molar refractivity (Wildman–Crippen MR) is 121 cm³/mol. The van der Waals surface area contributed by atoms with Crippen molar-refractivity contribution in [3.63, 3.8) is 0 Å². The van der Waals surface area contributed by atoms with Gasteiger partial charge in [-0.15, -0.1) is 11.3 Å². The first-order chi connectivity index (χ1) is 15.7. The lowest BCUT2D eigenvalue weighted by Crippen LogP contribution is -2.20. The highest BCUT2D eigenvalue weighted by molar-refractivity contribution is 7.14. The lowest BCUT2D eigenvalue weighted by Gasteiger charge is -2.13. The highest BCUT2D eigenvalue weighted by atomic mass is 32.1. The molecule has 1 heterocycles. The molecule has 0 bridgehead atoms. The SMILES string of the molecule is CCOc1cc(C=NNc2nc(N)cs2)ccc1OCC(=O)Nc1cccc(C(F)(F)F)c1. The first-order valence-corrected chi connectivity index (χ1v) is 10.5. The van der Waals surface area contributed by atoms with E-state index < -0.39 is 24.3 Å². The second-order valence-corrected chi connectivity index (χ2v) is 7.36. The van der Waals surface area contributed by atoms with Crippen molar-refractivity contribution < 1.29 is 27.4 Å². The standard InChI is InChI=1S/C21H20F3N5O3S/c1-2-31-17-8-13(10-26-29-20-28-18(25)12-33-20)6-7-16(17)32-11-19(30)27-15-5-3-4-14(9-15)21(22,23)24/h3-10,12H,2,11,25H2,1H3,(H,27,30)(H,28,29). The molecule has 0 spiro atoms. The van der Waals surface area contributed by atoms with E-state index in [0.717, 1.165) is 12.1 Å². The molecule has 0 atom stereocenters. The Hall–Kier alpha value is -3.80. The van der Waals surface area contributed by atoms with E-state index in [2.05, 4.69) is 20.8 Å². The minimum absolute atomic E-state index is 0.0181. The van der Waals surface area contributed by atoms with Crippen LogP contribution in [0.4, 0.5) is 29.8 Å². The number of aromatic nitrogens is 1. The number of anilines is 3. The van der Waals surface area contributed by atoms with Gasteiger partial charge in [0.05, 0.1) is 18.4 Å². The van der Waals surface area contributed by atoms with Crippen LogP contribution in [0.1, 0.15) is 18.1 Å². The average molecular weight is 479 g/mol. The van der Waals surface area contributed by atoms with Crippen LogP contribution in [0.3, 0.4) is 0 Å². The Kier molecular flexibility index (Phi) is 7.72. The Balaban J connectivity index is 1.61. The van der Waals surface area contributed by atoms with Crippen LogP contribution in [-0.2, 0) is 11.0 Å². The molecule has 3 rings (SSSR count). The molecule has 0 fully saturated rings. The second-order valence-electron chi connectivity index (χ2n) is 6.50. The third kappa shape index (κ3) is 7.10. The second kappa shape index (κ2) is 10.7. The molecule has 0 aliphatic heterocycles. The molecule has 0 unspecified atom stereocenters. The summed E-state index contributed by atoms with van der Waals surface area (Å²) in [4.78, 5) is 16.2. The van der Waals surface area contributed by atoms with Gasteiger partial charge in [0.1, 0.15) is 5.82 Å². The highest BCUT2D eigenvalue weighted by Gasteiger charge is 2.30. The molecular weight excluding hydrogens is 459 g/mol. The van der Waals surface area contributed by atoms with E-state index in [1.165, 1.54) is 23.5 Å². The number of carbonyl (C=O) groups excluding carboxylic acids is 1. The molecule has 4 N–H and O–H groups in total. The third-order valence-electron chi connectivity index (χ3n) is 4.00. The normalized spacial score (nSPS) is 11.4. The van der Waals surface area contributed by atoms with Crippen molar-refractivity contribution in [1.82, 2.24) is 4.98 Å². The lowest BCUT2D eigenvalue weighted by atomic mass is 10.2. The van der Waals surface area contributed by atoms with E-state index >= 15 is 0 Å². The van der Waals surface area contributed by atoms with Crippen molar-refractivity contribution in [2.24, 2.45) is 5.10 Å². The van der Waals surface area contributed by atoms with E-state index in [1.54, 1.807) is 36.7 Å².